The Morgan fingerprint density at radius 2 is 2.00 bits per heavy atom. The minimum Gasteiger partial charge on any atom is -0.478 e. The minimum absolute atomic E-state index is 0.0995. The fraction of sp³-hybridized carbons (Fsp3) is 0.462. The molecule has 2 rings (SSSR count). The third-order valence-electron chi connectivity index (χ3n) is 3.51. The van der Waals surface area contributed by atoms with Crippen LogP contribution in [0.15, 0.2) is 6.07 Å². The monoisotopic (exact) mass is 318 g/mol. The standard InChI is InChI=1S/C13H13F3N2O4/c1-6(13(14,15)16)17-11(20)10(19)9-5-7(12(21)22)8-3-2-4-18(8)9/h5-6H,2-4H2,1H3,(H,17,20)(H,21,22)/t6-/m1/s1. The number of hydrogen-bond donors (Lipinski definition) is 2. The maximum absolute atomic E-state index is 12.4. The highest BCUT2D eigenvalue weighted by Crippen LogP contribution is 2.25. The van der Waals surface area contributed by atoms with E-state index >= 15 is 0 Å². The smallest absolute Gasteiger partial charge is 0.408 e. The molecule has 0 aliphatic carbocycles. The highest BCUT2D eigenvalue weighted by atomic mass is 19.4. The minimum atomic E-state index is -4.66. The molecule has 1 aromatic rings. The fourth-order valence-electron chi connectivity index (χ4n) is 2.35. The van der Waals surface area contributed by atoms with Gasteiger partial charge in [-0.1, -0.05) is 0 Å². The molecular formula is C13H13F3N2O4. The molecule has 120 valence electrons. The summed E-state index contributed by atoms with van der Waals surface area (Å²) >= 11 is 0. The molecule has 0 radical (unpaired) electrons. The van der Waals surface area contributed by atoms with Crippen LogP contribution in [0.2, 0.25) is 0 Å². The van der Waals surface area contributed by atoms with Crippen LogP contribution in [-0.2, 0) is 17.8 Å². The van der Waals surface area contributed by atoms with Gasteiger partial charge in [-0.05, 0) is 25.8 Å². The lowest BCUT2D eigenvalue weighted by Gasteiger charge is -2.16. The van der Waals surface area contributed by atoms with Crippen molar-refractivity contribution in [1.29, 1.82) is 0 Å². The summed E-state index contributed by atoms with van der Waals surface area (Å²) < 4.78 is 38.6. The van der Waals surface area contributed by atoms with Gasteiger partial charge in [0.05, 0.1) is 11.3 Å². The first-order chi connectivity index (χ1) is 10.1. The number of nitrogens with zero attached hydrogens (tertiary/aromatic N) is 1. The highest BCUT2D eigenvalue weighted by Gasteiger charge is 2.39. The Balaban J connectivity index is 2.25. The Morgan fingerprint density at radius 3 is 2.55 bits per heavy atom. The lowest BCUT2D eigenvalue weighted by Crippen LogP contribution is -2.46. The maximum Gasteiger partial charge on any atom is 0.408 e. The van der Waals surface area contributed by atoms with Gasteiger partial charge in [-0.2, -0.15) is 13.2 Å². The summed E-state index contributed by atoms with van der Waals surface area (Å²) in [7, 11) is 0. The van der Waals surface area contributed by atoms with E-state index < -0.39 is 29.9 Å². The van der Waals surface area contributed by atoms with Crippen LogP contribution < -0.4 is 5.32 Å². The lowest BCUT2D eigenvalue weighted by atomic mass is 10.1. The molecule has 2 heterocycles. The zero-order chi connectivity index (χ0) is 16.7. The number of ketones is 1. The molecule has 0 aromatic carbocycles. The summed E-state index contributed by atoms with van der Waals surface area (Å²) in [6, 6.07) is -1.13. The van der Waals surface area contributed by atoms with Crippen molar-refractivity contribution in [3.05, 3.63) is 23.0 Å². The van der Waals surface area contributed by atoms with Gasteiger partial charge in [-0.15, -0.1) is 0 Å². The number of carbonyl (C=O) groups is 3. The topological polar surface area (TPSA) is 88.4 Å². The summed E-state index contributed by atoms with van der Waals surface area (Å²) in [5, 5.41) is 10.6. The molecule has 2 N–H and O–H groups in total. The van der Waals surface area contributed by atoms with Crippen molar-refractivity contribution < 1.29 is 32.7 Å². The van der Waals surface area contributed by atoms with Crippen LogP contribution >= 0.6 is 0 Å². The van der Waals surface area contributed by atoms with Gasteiger partial charge < -0.3 is 15.0 Å². The van der Waals surface area contributed by atoms with E-state index in [1.165, 1.54) is 4.57 Å². The van der Waals surface area contributed by atoms with E-state index in [9.17, 15) is 27.6 Å². The van der Waals surface area contributed by atoms with Gasteiger partial charge in [0.2, 0.25) is 0 Å². The van der Waals surface area contributed by atoms with Crippen LogP contribution in [0.4, 0.5) is 13.2 Å². The van der Waals surface area contributed by atoms with E-state index in [-0.39, 0.29) is 11.3 Å². The number of aromatic nitrogens is 1. The van der Waals surface area contributed by atoms with E-state index in [1.807, 2.05) is 0 Å². The number of Topliss-reactive ketones (excluding diaryl/α,β-unsaturated/α-hetero) is 1. The van der Waals surface area contributed by atoms with E-state index in [0.717, 1.165) is 13.0 Å². The number of hydrogen-bond acceptors (Lipinski definition) is 3. The van der Waals surface area contributed by atoms with E-state index in [4.69, 9.17) is 5.11 Å². The molecule has 0 spiro atoms. The number of aromatic carboxylic acids is 1. The van der Waals surface area contributed by atoms with Crippen LogP contribution in [0.1, 0.15) is 39.9 Å². The number of alkyl halides is 3. The summed E-state index contributed by atoms with van der Waals surface area (Å²) in [5.41, 5.74) is 0.113. The van der Waals surface area contributed by atoms with Crippen molar-refractivity contribution >= 4 is 17.7 Å². The molecule has 0 saturated heterocycles. The molecule has 0 fully saturated rings. The molecule has 6 nitrogen and oxygen atoms in total. The van der Waals surface area contributed by atoms with Crippen LogP contribution in [0.3, 0.4) is 0 Å². The number of amides is 1. The predicted octanol–water partition coefficient (Wildman–Crippen LogP) is 1.38. The second-order valence-electron chi connectivity index (χ2n) is 5.02. The van der Waals surface area contributed by atoms with E-state index in [0.29, 0.717) is 25.1 Å². The second-order valence-corrected chi connectivity index (χ2v) is 5.02. The van der Waals surface area contributed by atoms with Crippen LogP contribution in [0.5, 0.6) is 0 Å². The van der Waals surface area contributed by atoms with E-state index in [1.54, 1.807) is 5.32 Å². The normalized spacial score (nSPS) is 15.3. The zero-order valence-corrected chi connectivity index (χ0v) is 11.5. The number of rotatable bonds is 4. The number of fused-ring (bicyclic) bond motifs is 1. The lowest BCUT2D eigenvalue weighted by molar-refractivity contribution is -0.156. The summed E-state index contributed by atoms with van der Waals surface area (Å²) in [6.07, 6.45) is -3.62. The molecular weight excluding hydrogens is 305 g/mol. The third kappa shape index (κ3) is 2.83. The van der Waals surface area contributed by atoms with Gasteiger partial charge in [0.25, 0.3) is 11.7 Å². The molecule has 0 unspecified atom stereocenters. The van der Waals surface area contributed by atoms with Gasteiger partial charge in [-0.3, -0.25) is 9.59 Å². The van der Waals surface area contributed by atoms with Gasteiger partial charge in [0, 0.05) is 12.2 Å². The van der Waals surface area contributed by atoms with Crippen molar-refractivity contribution in [2.75, 3.05) is 0 Å². The van der Waals surface area contributed by atoms with Crippen LogP contribution in [-0.4, -0.2) is 39.6 Å². The number of halogens is 3. The van der Waals surface area contributed by atoms with E-state index in [2.05, 4.69) is 0 Å². The van der Waals surface area contributed by atoms with Crippen LogP contribution in [0.25, 0.3) is 0 Å². The predicted molar refractivity (Wildman–Crippen MR) is 67.7 cm³/mol. The molecule has 1 aliphatic rings. The fourth-order valence-corrected chi connectivity index (χ4v) is 2.35. The van der Waals surface area contributed by atoms with Crippen molar-refractivity contribution in [2.24, 2.45) is 0 Å². The molecule has 1 atom stereocenters. The van der Waals surface area contributed by atoms with Gasteiger partial charge in [0.1, 0.15) is 6.04 Å². The van der Waals surface area contributed by atoms with Crippen molar-refractivity contribution in [1.82, 2.24) is 9.88 Å². The number of carboxylic acid groups (broad SMARTS) is 1. The summed E-state index contributed by atoms with van der Waals surface area (Å²) in [6.45, 7) is 1.07. The quantitative estimate of drug-likeness (QED) is 0.648. The van der Waals surface area contributed by atoms with Gasteiger partial charge in [0.15, 0.2) is 0 Å². The molecule has 9 heteroatoms. The molecule has 1 aliphatic heterocycles. The number of nitrogens with one attached hydrogen (secondary N) is 1. The average Bonchev–Trinajstić information content (AvgIpc) is 2.97. The first-order valence-corrected chi connectivity index (χ1v) is 6.50. The Morgan fingerprint density at radius 1 is 1.36 bits per heavy atom. The first-order valence-electron chi connectivity index (χ1n) is 6.50. The Labute approximate surface area is 122 Å². The van der Waals surface area contributed by atoms with Crippen molar-refractivity contribution in [2.45, 2.75) is 38.5 Å². The van der Waals surface area contributed by atoms with Gasteiger partial charge >= 0.3 is 12.1 Å². The average molecular weight is 318 g/mol. The SMILES string of the molecule is C[C@@H](NC(=O)C(=O)c1cc(C(=O)O)c2n1CCC2)C(F)(F)F. The van der Waals surface area contributed by atoms with Crippen molar-refractivity contribution in [3.8, 4) is 0 Å². The Bertz CT molecular complexity index is 648. The highest BCUT2D eigenvalue weighted by molar-refractivity contribution is 6.42. The summed E-state index contributed by atoms with van der Waals surface area (Å²) in [4.78, 5) is 34.8. The van der Waals surface area contributed by atoms with Gasteiger partial charge in [-0.25, -0.2) is 4.79 Å². The maximum atomic E-state index is 12.4. The largest absolute Gasteiger partial charge is 0.478 e. The summed E-state index contributed by atoms with van der Waals surface area (Å²) in [5.74, 6) is -3.82. The molecule has 1 aromatic heterocycles. The van der Waals surface area contributed by atoms with Crippen LogP contribution in [0, 0.1) is 0 Å². The Hall–Kier alpha value is -2.32. The van der Waals surface area contributed by atoms with Crippen molar-refractivity contribution in [3.63, 3.8) is 0 Å². The second kappa shape index (κ2) is 5.47. The Kier molecular flexibility index (Phi) is 3.99. The zero-order valence-electron chi connectivity index (χ0n) is 11.5. The molecule has 0 saturated carbocycles. The molecule has 0 bridgehead atoms. The first kappa shape index (κ1) is 16.1. The number of carbonyl (C=O) groups excluding carboxylic acids is 2. The number of carboxylic acids is 1. The third-order valence-corrected chi connectivity index (χ3v) is 3.51. The molecule has 1 amide bonds. The molecule has 22 heavy (non-hydrogen) atoms.